The Kier molecular flexibility index (Phi) is 6.78. The van der Waals surface area contributed by atoms with Crippen molar-refractivity contribution in [3.8, 4) is 5.75 Å². The number of carbonyl (C=O) groups excluding carboxylic acids is 1. The fraction of sp³-hybridized carbons (Fsp3) is 0.167. The summed E-state index contributed by atoms with van der Waals surface area (Å²) in [5.41, 5.74) is -4.95. The summed E-state index contributed by atoms with van der Waals surface area (Å²) < 4.78 is 69.0. The number of ether oxygens (including phenoxy) is 1. The van der Waals surface area contributed by atoms with Crippen LogP contribution in [0.15, 0.2) is 70.5 Å². The molecule has 1 amide bonds. The smallest absolute Gasteiger partial charge is 0.445 e. The lowest BCUT2D eigenvalue weighted by atomic mass is 10.3. The van der Waals surface area contributed by atoms with E-state index in [0.717, 1.165) is 6.92 Å². The maximum absolute atomic E-state index is 13.1. The molecule has 0 N–H and O–H groups in total. The Bertz CT molecular complexity index is 957. The Morgan fingerprint density at radius 1 is 1.07 bits per heavy atom. The van der Waals surface area contributed by atoms with Gasteiger partial charge in [0.15, 0.2) is 0 Å². The minimum atomic E-state index is -4.59. The highest BCUT2D eigenvalue weighted by Gasteiger charge is 2.33. The first kappa shape index (κ1) is 21.8. The highest BCUT2D eigenvalue weighted by atomic mass is 32.2. The zero-order chi connectivity index (χ0) is 20.9. The zero-order valence-corrected chi connectivity index (χ0v) is 16.4. The number of rotatable bonds is 6. The number of carbonyl (C=O) groups is 1. The first-order valence-electron chi connectivity index (χ1n) is 7.76. The number of benzene rings is 2. The van der Waals surface area contributed by atoms with Gasteiger partial charge in [-0.1, -0.05) is 18.2 Å². The molecule has 0 bridgehead atoms. The molecule has 0 fully saturated rings. The molecule has 0 radical (unpaired) electrons. The molecule has 5 nitrogen and oxygen atoms in total. The molecule has 150 valence electrons. The Hall–Kier alpha value is -2.46. The molecule has 0 saturated heterocycles. The minimum Gasteiger partial charge on any atom is -0.497 e. The number of methoxy groups -OCH3 is 1. The standard InChI is InChI=1S/C18H16F3NO4S2/c1-13(12-27-18(19,20)21)17(23)22(14-6-4-3-5-7-14)28(24,25)16-10-8-15(26-2)9-11-16/h3-12H,1-2H3. The van der Waals surface area contributed by atoms with E-state index in [4.69, 9.17) is 4.74 Å². The van der Waals surface area contributed by atoms with E-state index in [1.165, 1.54) is 55.6 Å². The van der Waals surface area contributed by atoms with Gasteiger partial charge in [-0.25, -0.2) is 8.42 Å². The summed E-state index contributed by atoms with van der Waals surface area (Å²) in [5, 5.41) is 0.585. The van der Waals surface area contributed by atoms with Gasteiger partial charge in [0.25, 0.3) is 15.9 Å². The fourth-order valence-electron chi connectivity index (χ4n) is 2.15. The van der Waals surface area contributed by atoms with E-state index in [2.05, 4.69) is 0 Å². The molecule has 2 aromatic rings. The van der Waals surface area contributed by atoms with Crippen molar-refractivity contribution in [1.29, 1.82) is 0 Å². The number of hydrogen-bond donors (Lipinski definition) is 0. The van der Waals surface area contributed by atoms with Crippen molar-refractivity contribution < 1.29 is 31.1 Å². The van der Waals surface area contributed by atoms with E-state index in [1.54, 1.807) is 6.07 Å². The van der Waals surface area contributed by atoms with Gasteiger partial charge in [0, 0.05) is 5.57 Å². The van der Waals surface area contributed by atoms with Gasteiger partial charge in [0.05, 0.1) is 17.7 Å². The number of sulfonamides is 1. The van der Waals surface area contributed by atoms with Crippen LogP contribution < -0.4 is 9.04 Å². The van der Waals surface area contributed by atoms with Gasteiger partial charge in [0.1, 0.15) is 5.75 Å². The maximum Gasteiger partial charge on any atom is 0.445 e. The fourth-order valence-corrected chi connectivity index (χ4v) is 4.01. The molecule has 0 heterocycles. The van der Waals surface area contributed by atoms with Crippen LogP contribution in [-0.2, 0) is 14.8 Å². The zero-order valence-electron chi connectivity index (χ0n) is 14.8. The Morgan fingerprint density at radius 2 is 1.64 bits per heavy atom. The van der Waals surface area contributed by atoms with E-state index in [-0.39, 0.29) is 16.2 Å². The largest absolute Gasteiger partial charge is 0.497 e. The van der Waals surface area contributed by atoms with E-state index >= 15 is 0 Å². The summed E-state index contributed by atoms with van der Waals surface area (Å²) in [6.45, 7) is 1.13. The summed E-state index contributed by atoms with van der Waals surface area (Å²) in [4.78, 5) is 12.6. The van der Waals surface area contributed by atoms with Crippen molar-refractivity contribution in [3.05, 3.63) is 65.6 Å². The van der Waals surface area contributed by atoms with Crippen molar-refractivity contribution in [3.63, 3.8) is 0 Å². The molecule has 0 aromatic heterocycles. The van der Waals surface area contributed by atoms with E-state index in [0.29, 0.717) is 15.5 Å². The summed E-state index contributed by atoms with van der Waals surface area (Å²) in [6.07, 6.45) is 0. The number of para-hydroxylation sites is 1. The lowest BCUT2D eigenvalue weighted by Gasteiger charge is -2.23. The van der Waals surface area contributed by atoms with Crippen LogP contribution in [-0.4, -0.2) is 26.9 Å². The number of amides is 1. The van der Waals surface area contributed by atoms with Crippen LogP contribution in [0.2, 0.25) is 0 Å². The molecule has 0 aliphatic heterocycles. The quantitative estimate of drug-likeness (QED) is 0.627. The SMILES string of the molecule is COc1ccc(S(=O)(=O)N(C(=O)C(C)=CSC(F)(F)F)c2ccccc2)cc1. The second kappa shape index (κ2) is 8.70. The number of thioether (sulfide) groups is 1. The van der Waals surface area contributed by atoms with Gasteiger partial charge in [-0.05, 0) is 60.5 Å². The topological polar surface area (TPSA) is 63.7 Å². The van der Waals surface area contributed by atoms with E-state index < -0.39 is 33.2 Å². The highest BCUT2D eigenvalue weighted by Crippen LogP contribution is 2.33. The van der Waals surface area contributed by atoms with Crippen molar-refractivity contribution >= 4 is 33.4 Å². The van der Waals surface area contributed by atoms with Crippen molar-refractivity contribution in [2.75, 3.05) is 11.4 Å². The molecule has 0 aliphatic carbocycles. The Balaban J connectivity index is 2.52. The average Bonchev–Trinajstić information content (AvgIpc) is 2.66. The predicted molar refractivity (Wildman–Crippen MR) is 102 cm³/mol. The third-order valence-electron chi connectivity index (χ3n) is 3.48. The van der Waals surface area contributed by atoms with Crippen molar-refractivity contribution in [2.45, 2.75) is 17.3 Å². The van der Waals surface area contributed by atoms with Gasteiger partial charge in [-0.3, -0.25) is 4.79 Å². The molecule has 0 spiro atoms. The van der Waals surface area contributed by atoms with Gasteiger partial charge in [-0.15, -0.1) is 0 Å². The number of anilines is 1. The first-order valence-corrected chi connectivity index (χ1v) is 10.1. The van der Waals surface area contributed by atoms with Gasteiger partial charge >= 0.3 is 5.51 Å². The monoisotopic (exact) mass is 431 g/mol. The van der Waals surface area contributed by atoms with Crippen LogP contribution in [0.3, 0.4) is 0 Å². The normalized spacial score (nSPS) is 12.5. The average molecular weight is 431 g/mol. The molecule has 0 aliphatic rings. The van der Waals surface area contributed by atoms with Gasteiger partial charge in [0.2, 0.25) is 0 Å². The molecule has 2 aromatic carbocycles. The van der Waals surface area contributed by atoms with E-state index in [1.807, 2.05) is 0 Å². The van der Waals surface area contributed by atoms with E-state index in [9.17, 15) is 26.4 Å². The molecular weight excluding hydrogens is 415 g/mol. The van der Waals surface area contributed by atoms with Gasteiger partial charge in [-0.2, -0.15) is 17.5 Å². The van der Waals surface area contributed by atoms with Crippen LogP contribution in [0.25, 0.3) is 0 Å². The van der Waals surface area contributed by atoms with Crippen molar-refractivity contribution in [2.24, 2.45) is 0 Å². The van der Waals surface area contributed by atoms with Crippen molar-refractivity contribution in [1.82, 2.24) is 0 Å². The molecule has 28 heavy (non-hydrogen) atoms. The molecule has 0 saturated carbocycles. The number of nitrogens with zero attached hydrogens (tertiary/aromatic N) is 1. The molecule has 2 rings (SSSR count). The third-order valence-corrected chi connectivity index (χ3v) is 5.94. The second-order valence-corrected chi connectivity index (χ2v) is 8.17. The van der Waals surface area contributed by atoms with Crippen LogP contribution >= 0.6 is 11.8 Å². The van der Waals surface area contributed by atoms with Gasteiger partial charge < -0.3 is 4.74 Å². The van der Waals surface area contributed by atoms with Crippen LogP contribution in [0.4, 0.5) is 18.9 Å². The molecular formula is C18H16F3NO4S2. The minimum absolute atomic E-state index is 0.00748. The summed E-state index contributed by atoms with van der Waals surface area (Å²) in [6, 6.07) is 12.7. The predicted octanol–water partition coefficient (Wildman–Crippen LogP) is 4.57. The summed E-state index contributed by atoms with van der Waals surface area (Å²) in [5.74, 6) is -0.673. The third kappa shape index (κ3) is 5.29. The lowest BCUT2D eigenvalue weighted by Crippen LogP contribution is -2.37. The summed E-state index contributed by atoms with van der Waals surface area (Å²) in [7, 11) is -2.97. The Morgan fingerprint density at radius 3 is 2.14 bits per heavy atom. The number of alkyl halides is 3. The molecule has 10 heteroatoms. The number of halogens is 3. The van der Waals surface area contributed by atoms with Crippen LogP contribution in [0, 0.1) is 0 Å². The summed E-state index contributed by atoms with van der Waals surface area (Å²) >= 11 is -0.527. The first-order chi connectivity index (χ1) is 13.1. The molecule has 0 unspecified atom stereocenters. The second-order valence-electron chi connectivity index (χ2n) is 5.45. The number of hydrogen-bond acceptors (Lipinski definition) is 5. The Labute approximate surface area is 164 Å². The van der Waals surface area contributed by atoms with Crippen LogP contribution in [0.5, 0.6) is 5.75 Å². The van der Waals surface area contributed by atoms with Crippen LogP contribution in [0.1, 0.15) is 6.92 Å². The maximum atomic E-state index is 13.1. The molecule has 0 atom stereocenters. The highest BCUT2D eigenvalue weighted by molar-refractivity contribution is 8.03. The lowest BCUT2D eigenvalue weighted by molar-refractivity contribution is -0.114.